The lowest BCUT2D eigenvalue weighted by Gasteiger charge is -2.19. The summed E-state index contributed by atoms with van der Waals surface area (Å²) in [4.78, 5) is 12.7. The minimum absolute atomic E-state index is 0.119. The van der Waals surface area contributed by atoms with Gasteiger partial charge < -0.3 is 19.5 Å². The van der Waals surface area contributed by atoms with E-state index in [1.807, 2.05) is 20.8 Å². The monoisotopic (exact) mass is 343 g/mol. The number of aryl methyl sites for hydroxylation is 2. The van der Waals surface area contributed by atoms with Crippen LogP contribution in [-0.4, -0.2) is 27.2 Å². The molecule has 25 heavy (non-hydrogen) atoms. The molecule has 0 aliphatic heterocycles. The van der Waals surface area contributed by atoms with Crippen molar-refractivity contribution >= 4 is 5.91 Å². The average Bonchev–Trinajstić information content (AvgIpc) is 2.61. The van der Waals surface area contributed by atoms with Crippen LogP contribution in [0.15, 0.2) is 30.3 Å². The molecule has 2 aromatic carbocycles. The lowest BCUT2D eigenvalue weighted by atomic mass is 9.99. The molecule has 0 fully saturated rings. The topological polar surface area (TPSA) is 56.8 Å². The molecule has 134 valence electrons. The minimum Gasteiger partial charge on any atom is -0.493 e. The van der Waals surface area contributed by atoms with Gasteiger partial charge in [0.2, 0.25) is 5.75 Å². The second kappa shape index (κ2) is 7.92. The largest absolute Gasteiger partial charge is 0.493 e. The van der Waals surface area contributed by atoms with Crippen molar-refractivity contribution in [2.24, 2.45) is 0 Å². The molecule has 0 unspecified atom stereocenters. The van der Waals surface area contributed by atoms with Crippen LogP contribution in [0.5, 0.6) is 17.2 Å². The first-order valence-electron chi connectivity index (χ1n) is 8.09. The van der Waals surface area contributed by atoms with Crippen LogP contribution >= 0.6 is 0 Å². The van der Waals surface area contributed by atoms with Crippen molar-refractivity contribution < 1.29 is 19.0 Å². The van der Waals surface area contributed by atoms with Crippen LogP contribution in [0.2, 0.25) is 0 Å². The Bertz CT molecular complexity index is 745. The summed E-state index contributed by atoms with van der Waals surface area (Å²) >= 11 is 0. The van der Waals surface area contributed by atoms with Crippen LogP contribution in [0, 0.1) is 13.8 Å². The summed E-state index contributed by atoms with van der Waals surface area (Å²) in [7, 11) is 4.58. The van der Waals surface area contributed by atoms with Gasteiger partial charge in [-0.3, -0.25) is 4.79 Å². The molecule has 1 atom stereocenters. The quantitative estimate of drug-likeness (QED) is 0.866. The molecule has 0 aliphatic rings. The highest BCUT2D eigenvalue weighted by atomic mass is 16.5. The van der Waals surface area contributed by atoms with E-state index >= 15 is 0 Å². The maximum atomic E-state index is 12.7. The number of hydrogen-bond donors (Lipinski definition) is 1. The normalized spacial score (nSPS) is 11.6. The van der Waals surface area contributed by atoms with E-state index in [1.165, 1.54) is 21.3 Å². The van der Waals surface area contributed by atoms with E-state index in [0.29, 0.717) is 22.8 Å². The Labute approximate surface area is 148 Å². The first-order chi connectivity index (χ1) is 11.9. The maximum Gasteiger partial charge on any atom is 0.252 e. The molecular weight excluding hydrogens is 318 g/mol. The molecule has 5 heteroatoms. The lowest BCUT2D eigenvalue weighted by Crippen LogP contribution is -2.27. The third-order valence-corrected chi connectivity index (χ3v) is 4.18. The molecule has 0 aliphatic carbocycles. The highest BCUT2D eigenvalue weighted by Gasteiger charge is 2.19. The van der Waals surface area contributed by atoms with Crippen LogP contribution < -0.4 is 19.5 Å². The van der Waals surface area contributed by atoms with Crippen molar-refractivity contribution in [1.82, 2.24) is 5.32 Å². The maximum absolute atomic E-state index is 12.7. The van der Waals surface area contributed by atoms with Gasteiger partial charge in [-0.15, -0.1) is 0 Å². The van der Waals surface area contributed by atoms with Gasteiger partial charge >= 0.3 is 0 Å². The fraction of sp³-hybridized carbons (Fsp3) is 0.350. The van der Waals surface area contributed by atoms with Crippen LogP contribution in [0.4, 0.5) is 0 Å². The Kier molecular flexibility index (Phi) is 5.91. The van der Waals surface area contributed by atoms with Crippen molar-refractivity contribution in [1.29, 1.82) is 0 Å². The summed E-state index contributed by atoms with van der Waals surface area (Å²) < 4.78 is 15.9. The number of carbonyl (C=O) groups is 1. The molecule has 0 aromatic heterocycles. The Balaban J connectivity index is 2.30. The van der Waals surface area contributed by atoms with Crippen molar-refractivity contribution in [2.45, 2.75) is 26.8 Å². The van der Waals surface area contributed by atoms with Gasteiger partial charge in [-0.25, -0.2) is 0 Å². The van der Waals surface area contributed by atoms with E-state index in [9.17, 15) is 4.79 Å². The van der Waals surface area contributed by atoms with E-state index in [2.05, 4.69) is 23.5 Å². The van der Waals surface area contributed by atoms with Crippen LogP contribution in [-0.2, 0) is 0 Å². The van der Waals surface area contributed by atoms with Gasteiger partial charge in [-0.05, 0) is 44.0 Å². The molecule has 0 bridgehead atoms. The Morgan fingerprint density at radius 2 is 1.56 bits per heavy atom. The third kappa shape index (κ3) is 4.05. The number of hydrogen-bond acceptors (Lipinski definition) is 4. The fourth-order valence-electron chi connectivity index (χ4n) is 2.80. The minimum atomic E-state index is -0.201. The summed E-state index contributed by atoms with van der Waals surface area (Å²) in [6.07, 6.45) is 0. The standard InChI is InChI=1S/C20H25NO4/c1-12-7-8-13(2)16(9-12)14(3)21-20(22)15-10-17(23-4)19(25-6)18(11-15)24-5/h7-11,14H,1-6H3,(H,21,22)/t14-/m1/s1. The second-order valence-corrected chi connectivity index (χ2v) is 5.97. The lowest BCUT2D eigenvalue weighted by molar-refractivity contribution is 0.0939. The predicted molar refractivity (Wildman–Crippen MR) is 97.9 cm³/mol. The average molecular weight is 343 g/mol. The van der Waals surface area contributed by atoms with Crippen LogP contribution in [0.1, 0.15) is 40.0 Å². The first kappa shape index (κ1) is 18.6. The molecule has 0 saturated heterocycles. The SMILES string of the molecule is COc1cc(C(=O)N[C@H](C)c2cc(C)ccc2C)cc(OC)c1OC. The third-order valence-electron chi connectivity index (χ3n) is 4.18. The molecule has 0 spiro atoms. The van der Waals surface area contributed by atoms with Crippen molar-refractivity contribution in [2.75, 3.05) is 21.3 Å². The zero-order valence-corrected chi connectivity index (χ0v) is 15.6. The number of ether oxygens (including phenoxy) is 3. The zero-order valence-electron chi connectivity index (χ0n) is 15.6. The number of amides is 1. The molecule has 1 amide bonds. The summed E-state index contributed by atoms with van der Waals surface area (Å²) in [6, 6.07) is 9.39. The van der Waals surface area contributed by atoms with Gasteiger partial charge in [0.25, 0.3) is 5.91 Å². The van der Waals surface area contributed by atoms with E-state index in [1.54, 1.807) is 12.1 Å². The molecule has 2 aromatic rings. The highest BCUT2D eigenvalue weighted by Crippen LogP contribution is 2.38. The summed E-state index contributed by atoms with van der Waals surface area (Å²) in [5.74, 6) is 1.16. The Morgan fingerprint density at radius 3 is 2.08 bits per heavy atom. The summed E-state index contributed by atoms with van der Waals surface area (Å²) in [5, 5.41) is 3.03. The van der Waals surface area contributed by atoms with Crippen LogP contribution in [0.3, 0.4) is 0 Å². The van der Waals surface area contributed by atoms with Gasteiger partial charge in [0, 0.05) is 5.56 Å². The van der Waals surface area contributed by atoms with Gasteiger partial charge in [-0.2, -0.15) is 0 Å². The number of methoxy groups -OCH3 is 3. The number of rotatable bonds is 6. The Hall–Kier alpha value is -2.69. The molecule has 0 heterocycles. The molecule has 1 N–H and O–H groups in total. The van der Waals surface area contributed by atoms with Crippen molar-refractivity contribution in [3.8, 4) is 17.2 Å². The molecular formula is C20H25NO4. The van der Waals surface area contributed by atoms with E-state index in [0.717, 1.165) is 16.7 Å². The van der Waals surface area contributed by atoms with Crippen LogP contribution in [0.25, 0.3) is 0 Å². The van der Waals surface area contributed by atoms with E-state index in [4.69, 9.17) is 14.2 Å². The van der Waals surface area contributed by atoms with E-state index < -0.39 is 0 Å². The highest BCUT2D eigenvalue weighted by molar-refractivity contribution is 5.95. The smallest absolute Gasteiger partial charge is 0.252 e. The first-order valence-corrected chi connectivity index (χ1v) is 8.09. The van der Waals surface area contributed by atoms with Gasteiger partial charge in [0.05, 0.1) is 27.4 Å². The van der Waals surface area contributed by atoms with E-state index in [-0.39, 0.29) is 11.9 Å². The molecule has 5 nitrogen and oxygen atoms in total. The van der Waals surface area contributed by atoms with Gasteiger partial charge in [-0.1, -0.05) is 23.8 Å². The molecule has 2 rings (SSSR count). The Morgan fingerprint density at radius 1 is 0.960 bits per heavy atom. The zero-order chi connectivity index (χ0) is 18.6. The summed E-state index contributed by atoms with van der Waals surface area (Å²) in [6.45, 7) is 6.05. The molecule has 0 radical (unpaired) electrons. The van der Waals surface area contributed by atoms with Gasteiger partial charge in [0.15, 0.2) is 11.5 Å². The van der Waals surface area contributed by atoms with Crippen molar-refractivity contribution in [3.63, 3.8) is 0 Å². The predicted octanol–water partition coefficient (Wildman–Crippen LogP) is 3.82. The number of benzene rings is 2. The van der Waals surface area contributed by atoms with Gasteiger partial charge in [0.1, 0.15) is 0 Å². The second-order valence-electron chi connectivity index (χ2n) is 5.97. The number of carbonyl (C=O) groups excluding carboxylic acids is 1. The number of nitrogens with one attached hydrogen (secondary N) is 1. The fourth-order valence-corrected chi connectivity index (χ4v) is 2.80. The molecule has 0 saturated carbocycles. The summed E-state index contributed by atoms with van der Waals surface area (Å²) in [5.41, 5.74) is 3.85. The van der Waals surface area contributed by atoms with Crippen molar-refractivity contribution in [3.05, 3.63) is 52.6 Å².